The smallest absolute Gasteiger partial charge is 0.396 e. The Hall–Kier alpha value is -2.03. The van der Waals surface area contributed by atoms with Crippen molar-refractivity contribution in [3.8, 4) is 0 Å². The third-order valence-corrected chi connectivity index (χ3v) is 21.6. The molecule has 0 aromatic rings. The van der Waals surface area contributed by atoms with Crippen LogP contribution in [-0.4, -0.2) is 359 Å². The third-order valence-electron chi connectivity index (χ3n) is 17.6. The van der Waals surface area contributed by atoms with E-state index in [1.165, 1.54) is 20.8 Å². The lowest BCUT2D eigenvalue weighted by molar-refractivity contribution is -0.270. The van der Waals surface area contributed by atoms with E-state index in [9.17, 15) is 103 Å². The van der Waals surface area contributed by atoms with Gasteiger partial charge in [0.1, 0.15) is 73.1 Å². The van der Waals surface area contributed by atoms with Crippen LogP contribution in [0.3, 0.4) is 0 Å². The zero-order valence-corrected chi connectivity index (χ0v) is 69.8. The Labute approximate surface area is 671 Å². The number of ether oxygens (including phenoxy) is 12. The first-order valence-corrected chi connectivity index (χ1v) is 44.8. The molecule has 0 radical (unpaired) electrons. The van der Waals surface area contributed by atoms with E-state index in [1.54, 1.807) is 7.11 Å². The van der Waals surface area contributed by atoms with Crippen LogP contribution in [0.5, 0.6) is 0 Å². The number of carbonyl (C=O) groups is 3. The fourth-order valence-electron chi connectivity index (χ4n) is 11.5. The highest BCUT2D eigenvalue weighted by atomic mass is 31.2. The average molecular weight is 1760 g/mol. The van der Waals surface area contributed by atoms with E-state index in [4.69, 9.17) is 93.0 Å². The van der Waals surface area contributed by atoms with Crippen LogP contribution in [0.15, 0.2) is 0 Å². The van der Waals surface area contributed by atoms with Gasteiger partial charge in [-0.05, 0) is 70.6 Å². The first-order chi connectivity index (χ1) is 54.8. The fourth-order valence-corrected chi connectivity index (χ4v) is 14.7. The van der Waals surface area contributed by atoms with Crippen molar-refractivity contribution in [2.75, 3.05) is 179 Å². The van der Waals surface area contributed by atoms with E-state index >= 15 is 0 Å². The second-order valence-corrected chi connectivity index (χ2v) is 33.6. The van der Waals surface area contributed by atoms with Crippen molar-refractivity contribution in [3.63, 3.8) is 0 Å². The molecule has 48 heteroatoms. The van der Waals surface area contributed by atoms with Crippen molar-refractivity contribution in [2.45, 2.75) is 222 Å². The maximum Gasteiger partial charge on any atom is 0.472 e. The molecule has 11 unspecified atom stereocenters. The molecule has 3 amide bonds. The zero-order chi connectivity index (χ0) is 85.1. The van der Waals surface area contributed by atoms with Crippen LogP contribution in [0.4, 0.5) is 0 Å². The van der Waals surface area contributed by atoms with Gasteiger partial charge in [0.2, 0.25) is 17.7 Å². The summed E-state index contributed by atoms with van der Waals surface area (Å²) in [7, 11) is -17.1. The summed E-state index contributed by atoms with van der Waals surface area (Å²) in [5, 5.41) is 108. The molecule has 17 N–H and O–H groups in total. The van der Waals surface area contributed by atoms with Crippen molar-refractivity contribution < 1.29 is 196 Å². The maximum atomic E-state index is 13.5. The van der Waals surface area contributed by atoms with Crippen molar-refractivity contribution in [3.05, 3.63) is 0 Å². The molecule has 0 aromatic carbocycles. The molecule has 0 saturated carbocycles. The quantitative estimate of drug-likeness (QED) is 0.0266. The summed E-state index contributed by atoms with van der Waals surface area (Å²) in [6.07, 6.45) is -9.56. The standard InChI is InChI=1S/C67H131N3O41P4/c1-48(75)68-55-61(81)58(78)52(39-72)109-64(55)98-28-11-5-8-14-31-101-112(84,85)104-35-19-25-95-44-67(47-108-115(90,91)107-34-18-24-94-43-51(38-71)42-93-23-17-22-92-4,45-96-26-20-36-105-113(86,87)102-32-15-9-6-12-29-99-65-56(69-49(2)76)62(82)59(79)53(40-73)110-65)46-97-27-21-37-106-114(88,89)103-33-16-10-7-13-30-100-66-57(70-50(3)77)63(83)60(80)54(41-74)111-66/h51-66,71-74,78-83H,5-47H2,1-4H3,(H,68,75)(H,69,76)(H,70,77)(H,84,85)(H,86,87)(H,88,89)(H,90,91)/t51?,52?,53?,54?,55?,56?,57?,58-,59-,60-,61+,62+,63+,64+,65+,66+,67?/m0/s1. The van der Waals surface area contributed by atoms with Crippen LogP contribution in [0, 0.1) is 11.3 Å². The van der Waals surface area contributed by atoms with Crippen molar-refractivity contribution in [1.29, 1.82) is 0 Å². The second-order valence-electron chi connectivity index (χ2n) is 27.8. The molecule has 3 saturated heterocycles. The van der Waals surface area contributed by atoms with Crippen molar-refractivity contribution >= 4 is 49.0 Å². The topological polar surface area (TPSA) is 623 Å². The molecule has 3 fully saturated rings. The zero-order valence-electron chi connectivity index (χ0n) is 66.2. The SMILES string of the molecule is COCCCOCC(CO)COCCCOP(=O)(O)OCC(COCCCOP(=O)(O)OCCCCCCO[C@@H]1OC(CO)[C@H](O)[C@H](O)C1NC(C)=O)(COCCCOP(=O)(O)OCCCCCCO[C@@H]1OC(CO)[C@H](O)[C@H](O)C1NC(C)=O)COCCCOP(=O)(O)OCCCCCCO[C@@H]1OC(CO)[C@H](O)[C@H](O)C1NC(C)=O. The number of unbranched alkanes of at least 4 members (excludes halogenated alkanes) is 9. The Morgan fingerprint density at radius 3 is 0.852 bits per heavy atom. The number of phosphoric acid groups is 4. The number of nitrogens with one attached hydrogen (secondary N) is 3. The number of phosphoric ester groups is 4. The van der Waals surface area contributed by atoms with Crippen LogP contribution in [0.25, 0.3) is 0 Å². The van der Waals surface area contributed by atoms with E-state index in [2.05, 4.69) is 16.0 Å². The van der Waals surface area contributed by atoms with Crippen LogP contribution in [0.2, 0.25) is 0 Å². The highest BCUT2D eigenvalue weighted by Gasteiger charge is 2.48. The molecule has 0 spiro atoms. The lowest BCUT2D eigenvalue weighted by Gasteiger charge is -2.42. The fraction of sp³-hybridized carbons (Fsp3) is 0.955. The molecule has 0 aliphatic carbocycles. The summed E-state index contributed by atoms with van der Waals surface area (Å²) in [6.45, 7) is -0.984. The Kier molecular flexibility index (Phi) is 56.4. The molecule has 3 rings (SSSR count). The first kappa shape index (κ1) is 107. The van der Waals surface area contributed by atoms with Gasteiger partial charge in [0.15, 0.2) is 18.9 Å². The van der Waals surface area contributed by atoms with Gasteiger partial charge in [-0.1, -0.05) is 38.5 Å². The minimum absolute atomic E-state index is 0.0130. The van der Waals surface area contributed by atoms with E-state index in [-0.39, 0.29) is 164 Å². The van der Waals surface area contributed by atoms with Gasteiger partial charge in [0, 0.05) is 93.3 Å². The Morgan fingerprint density at radius 1 is 0.339 bits per heavy atom. The van der Waals surface area contributed by atoms with Gasteiger partial charge in [0.25, 0.3) is 0 Å². The molecule has 0 aromatic heterocycles. The number of rotatable bonds is 71. The van der Waals surface area contributed by atoms with Gasteiger partial charge >= 0.3 is 31.3 Å². The lowest BCUT2D eigenvalue weighted by atomic mass is 9.92. The van der Waals surface area contributed by atoms with E-state index in [0.29, 0.717) is 96.7 Å². The van der Waals surface area contributed by atoms with Crippen LogP contribution in [0.1, 0.15) is 130 Å². The normalized spacial score (nSPS) is 26.9. The molecule has 44 nitrogen and oxygen atoms in total. The number of methoxy groups -OCH3 is 1. The number of hydrogen-bond acceptors (Lipinski definition) is 37. The molecular formula is C67H131N3O41P4. The Balaban J connectivity index is 1.63. The Morgan fingerprint density at radius 2 is 0.591 bits per heavy atom. The summed E-state index contributed by atoms with van der Waals surface area (Å²) in [6, 6.07) is -3.32. The van der Waals surface area contributed by atoms with Gasteiger partial charge in [-0.25, -0.2) is 18.3 Å². The lowest BCUT2D eigenvalue weighted by Crippen LogP contribution is -2.64. The van der Waals surface area contributed by atoms with Gasteiger partial charge < -0.3 is 143 Å². The highest BCUT2D eigenvalue weighted by molar-refractivity contribution is 7.48. The number of carbonyl (C=O) groups excluding carboxylic acids is 3. The largest absolute Gasteiger partial charge is 0.472 e. The molecule has 3 heterocycles. The molecule has 3 aliphatic rings. The minimum atomic E-state index is -4.91. The van der Waals surface area contributed by atoms with E-state index < -0.39 is 173 Å². The molecule has 680 valence electrons. The van der Waals surface area contributed by atoms with Gasteiger partial charge in [-0.2, -0.15) is 0 Å². The number of amides is 3. The minimum Gasteiger partial charge on any atom is -0.396 e. The molecule has 3 aliphatic heterocycles. The van der Waals surface area contributed by atoms with Crippen LogP contribution in [-0.2, 0) is 126 Å². The summed E-state index contributed by atoms with van der Waals surface area (Å²) in [4.78, 5) is 77.7. The number of hydrogen-bond donors (Lipinski definition) is 17. The van der Waals surface area contributed by atoms with Gasteiger partial charge in [-0.15, -0.1) is 0 Å². The molecule has 0 bridgehead atoms. The monoisotopic (exact) mass is 1760 g/mol. The maximum absolute atomic E-state index is 13.5. The van der Waals surface area contributed by atoms with Crippen LogP contribution >= 0.6 is 31.3 Å². The first-order valence-electron chi connectivity index (χ1n) is 38.8. The Bertz CT molecular complexity index is 2540. The summed E-state index contributed by atoms with van der Waals surface area (Å²) in [5.41, 5.74) is -1.52. The number of aliphatic hydroxyl groups is 10. The van der Waals surface area contributed by atoms with Crippen LogP contribution < -0.4 is 16.0 Å². The van der Waals surface area contributed by atoms with E-state index in [0.717, 1.165) is 0 Å². The molecule has 20 atom stereocenters. The summed E-state index contributed by atoms with van der Waals surface area (Å²) in [5.74, 6) is -1.87. The predicted octanol–water partition coefficient (Wildman–Crippen LogP) is -0.642. The van der Waals surface area contributed by atoms with Gasteiger partial charge in [0.05, 0.1) is 118 Å². The van der Waals surface area contributed by atoms with E-state index in [1.807, 2.05) is 0 Å². The molecular weight excluding hydrogens is 1630 g/mol. The summed E-state index contributed by atoms with van der Waals surface area (Å²) < 4.78 is 162. The number of aliphatic hydroxyl groups excluding tert-OH is 10. The summed E-state index contributed by atoms with van der Waals surface area (Å²) >= 11 is 0. The molecule has 115 heavy (non-hydrogen) atoms. The average Bonchev–Trinajstić information content (AvgIpc) is 0.816. The third kappa shape index (κ3) is 46.3. The van der Waals surface area contributed by atoms with Gasteiger partial charge in [-0.3, -0.25) is 50.6 Å². The van der Waals surface area contributed by atoms with Crippen molar-refractivity contribution in [2.24, 2.45) is 11.3 Å². The van der Waals surface area contributed by atoms with Crippen molar-refractivity contribution in [1.82, 2.24) is 16.0 Å². The second kappa shape index (κ2) is 60.5. The predicted molar refractivity (Wildman–Crippen MR) is 398 cm³/mol. The highest BCUT2D eigenvalue weighted by Crippen LogP contribution is 2.47.